The third kappa shape index (κ3) is 2.15. The van der Waals surface area contributed by atoms with Crippen LogP contribution in [-0.2, 0) is 0 Å². The van der Waals surface area contributed by atoms with Gasteiger partial charge in [-0.1, -0.05) is 12.1 Å². The lowest BCUT2D eigenvalue weighted by atomic mass is 10.0. The number of H-pyrrole nitrogens is 1. The van der Waals surface area contributed by atoms with Crippen molar-refractivity contribution in [3.05, 3.63) is 51.8 Å². The van der Waals surface area contributed by atoms with E-state index in [1.165, 1.54) is 6.07 Å². The first-order valence-corrected chi connectivity index (χ1v) is 5.59. The molecule has 2 aromatic rings. The molecule has 0 amide bonds. The van der Waals surface area contributed by atoms with E-state index < -0.39 is 0 Å². The van der Waals surface area contributed by atoms with E-state index in [-0.39, 0.29) is 11.9 Å². The fourth-order valence-electron chi connectivity index (χ4n) is 1.49. The second kappa shape index (κ2) is 4.35. The van der Waals surface area contributed by atoms with Crippen LogP contribution in [0.15, 0.2) is 29.0 Å². The van der Waals surface area contributed by atoms with Crippen LogP contribution in [-0.4, -0.2) is 9.97 Å². The zero-order chi connectivity index (χ0) is 11.7. The lowest BCUT2D eigenvalue weighted by Gasteiger charge is -2.10. The third-order valence-corrected chi connectivity index (χ3v) is 2.80. The number of aromatic amines is 1. The molecule has 0 saturated carbocycles. The molecular formula is C11H11BrFN3. The second-order valence-corrected chi connectivity index (χ2v) is 4.46. The Bertz CT molecular complexity index is 510. The van der Waals surface area contributed by atoms with Crippen molar-refractivity contribution < 1.29 is 4.39 Å². The van der Waals surface area contributed by atoms with Crippen molar-refractivity contribution in [1.29, 1.82) is 0 Å². The minimum Gasteiger partial charge on any atom is -0.335 e. The Morgan fingerprint density at radius 1 is 1.50 bits per heavy atom. The number of hydrogen-bond donors (Lipinski definition) is 2. The van der Waals surface area contributed by atoms with E-state index >= 15 is 0 Å². The first-order valence-electron chi connectivity index (χ1n) is 4.80. The molecule has 16 heavy (non-hydrogen) atoms. The van der Waals surface area contributed by atoms with Gasteiger partial charge in [0, 0.05) is 0 Å². The van der Waals surface area contributed by atoms with E-state index in [1.807, 2.05) is 0 Å². The highest BCUT2D eigenvalue weighted by molar-refractivity contribution is 9.10. The van der Waals surface area contributed by atoms with Crippen LogP contribution >= 0.6 is 15.9 Å². The molecule has 2 rings (SSSR count). The molecule has 1 atom stereocenters. The van der Waals surface area contributed by atoms with Gasteiger partial charge in [0.2, 0.25) is 0 Å². The van der Waals surface area contributed by atoms with Gasteiger partial charge in [0.15, 0.2) is 0 Å². The summed E-state index contributed by atoms with van der Waals surface area (Å²) in [7, 11) is 0. The van der Waals surface area contributed by atoms with Crippen LogP contribution in [0.2, 0.25) is 0 Å². The molecule has 0 radical (unpaired) electrons. The summed E-state index contributed by atoms with van der Waals surface area (Å²) in [6, 6.07) is 4.45. The third-order valence-electron chi connectivity index (χ3n) is 2.40. The minimum absolute atomic E-state index is 0.225. The first kappa shape index (κ1) is 11.3. The van der Waals surface area contributed by atoms with Gasteiger partial charge >= 0.3 is 0 Å². The molecule has 3 nitrogen and oxygen atoms in total. The molecule has 0 aliphatic carbocycles. The van der Waals surface area contributed by atoms with E-state index in [0.717, 1.165) is 10.2 Å². The van der Waals surface area contributed by atoms with E-state index in [9.17, 15) is 4.39 Å². The maximum Gasteiger partial charge on any atom is 0.128 e. The van der Waals surface area contributed by atoms with Crippen molar-refractivity contribution in [2.45, 2.75) is 13.0 Å². The summed E-state index contributed by atoms with van der Waals surface area (Å²) in [5.74, 6) is 0.425. The summed E-state index contributed by atoms with van der Waals surface area (Å²) in [4.78, 5) is 7.12. The van der Waals surface area contributed by atoms with Crippen LogP contribution in [0.5, 0.6) is 0 Å². The second-order valence-electron chi connectivity index (χ2n) is 3.60. The molecule has 1 aromatic heterocycles. The van der Waals surface area contributed by atoms with Crippen molar-refractivity contribution in [3.63, 3.8) is 0 Å². The zero-order valence-electron chi connectivity index (χ0n) is 8.67. The largest absolute Gasteiger partial charge is 0.335 e. The molecule has 0 aliphatic rings. The van der Waals surface area contributed by atoms with Gasteiger partial charge < -0.3 is 10.7 Å². The smallest absolute Gasteiger partial charge is 0.128 e. The van der Waals surface area contributed by atoms with Crippen molar-refractivity contribution in [1.82, 2.24) is 9.97 Å². The van der Waals surface area contributed by atoms with Crippen molar-refractivity contribution in [2.75, 3.05) is 0 Å². The maximum atomic E-state index is 13.1. The number of nitrogens with two attached hydrogens (primary N) is 1. The van der Waals surface area contributed by atoms with Crippen LogP contribution in [0.25, 0.3) is 0 Å². The lowest BCUT2D eigenvalue weighted by Crippen LogP contribution is -2.13. The zero-order valence-corrected chi connectivity index (χ0v) is 10.3. The normalized spacial score (nSPS) is 12.8. The number of benzene rings is 1. The van der Waals surface area contributed by atoms with Gasteiger partial charge in [-0.15, -0.1) is 0 Å². The summed E-state index contributed by atoms with van der Waals surface area (Å²) < 4.78 is 13.9. The molecule has 1 aromatic carbocycles. The number of rotatable bonds is 2. The Labute approximate surface area is 101 Å². The van der Waals surface area contributed by atoms with Gasteiger partial charge in [0.25, 0.3) is 0 Å². The first-order chi connectivity index (χ1) is 7.58. The van der Waals surface area contributed by atoms with E-state index in [4.69, 9.17) is 5.73 Å². The lowest BCUT2D eigenvalue weighted by molar-refractivity contribution is 0.616. The van der Waals surface area contributed by atoms with E-state index in [0.29, 0.717) is 11.4 Å². The Balaban J connectivity index is 2.33. The van der Waals surface area contributed by atoms with Gasteiger partial charge in [0.05, 0.1) is 12.2 Å². The molecule has 3 N–H and O–H groups in total. The molecule has 0 bridgehead atoms. The van der Waals surface area contributed by atoms with Gasteiger partial charge in [-0.25, -0.2) is 9.37 Å². The number of halogens is 2. The Morgan fingerprint density at radius 3 is 2.81 bits per heavy atom. The predicted octanol–water partition coefficient (Wildman–Crippen LogP) is 2.67. The summed E-state index contributed by atoms with van der Waals surface area (Å²) in [6.07, 6.45) is 1.64. The molecule has 0 aliphatic heterocycles. The molecule has 0 saturated heterocycles. The van der Waals surface area contributed by atoms with Gasteiger partial charge in [0.1, 0.15) is 16.2 Å². The van der Waals surface area contributed by atoms with Crippen LogP contribution in [0.3, 0.4) is 0 Å². The Hall–Kier alpha value is -1.20. The minimum atomic E-state index is -0.370. The number of nitrogens with zero attached hydrogens (tertiary/aromatic N) is 1. The topological polar surface area (TPSA) is 54.7 Å². The number of imidazole rings is 1. The van der Waals surface area contributed by atoms with Crippen LogP contribution in [0.4, 0.5) is 4.39 Å². The van der Waals surface area contributed by atoms with E-state index in [2.05, 4.69) is 25.9 Å². The number of hydrogen-bond acceptors (Lipinski definition) is 2. The average Bonchev–Trinajstić information content (AvgIpc) is 2.68. The van der Waals surface area contributed by atoms with Crippen molar-refractivity contribution in [2.24, 2.45) is 5.73 Å². The van der Waals surface area contributed by atoms with Gasteiger partial charge in [-0.3, -0.25) is 0 Å². The maximum absolute atomic E-state index is 13.1. The summed E-state index contributed by atoms with van der Waals surface area (Å²) in [5, 5.41) is 0. The number of aryl methyl sites for hydroxylation is 1. The summed E-state index contributed by atoms with van der Waals surface area (Å²) in [5.41, 5.74) is 7.43. The molecule has 84 valence electrons. The Kier molecular flexibility index (Phi) is 3.07. The molecule has 5 heteroatoms. The fourth-order valence-corrected chi connectivity index (χ4v) is 1.80. The molecular weight excluding hydrogens is 273 g/mol. The average molecular weight is 284 g/mol. The summed E-state index contributed by atoms with van der Waals surface area (Å²) in [6.45, 7) is 1.71. The molecule has 0 fully saturated rings. The predicted molar refractivity (Wildman–Crippen MR) is 63.5 cm³/mol. The van der Waals surface area contributed by atoms with Gasteiger partial charge in [-0.2, -0.15) is 0 Å². The molecule has 0 spiro atoms. The Morgan fingerprint density at radius 2 is 2.25 bits per heavy atom. The SMILES string of the molecule is Cc1cc(C(N)c2ncc(Br)[nH]2)ccc1F. The fraction of sp³-hybridized carbons (Fsp3) is 0.182. The highest BCUT2D eigenvalue weighted by atomic mass is 79.9. The highest BCUT2D eigenvalue weighted by Gasteiger charge is 2.13. The summed E-state index contributed by atoms with van der Waals surface area (Å²) >= 11 is 3.27. The molecule has 1 heterocycles. The van der Waals surface area contributed by atoms with E-state index in [1.54, 1.807) is 25.3 Å². The van der Waals surface area contributed by atoms with Gasteiger partial charge in [-0.05, 0) is 40.0 Å². The molecule has 1 unspecified atom stereocenters. The highest BCUT2D eigenvalue weighted by Crippen LogP contribution is 2.20. The van der Waals surface area contributed by atoms with Crippen LogP contribution < -0.4 is 5.73 Å². The quantitative estimate of drug-likeness (QED) is 0.890. The van der Waals surface area contributed by atoms with Crippen molar-refractivity contribution in [3.8, 4) is 0 Å². The standard InChI is InChI=1S/C11H11BrFN3/c1-6-4-7(2-3-8(6)13)10(14)11-15-5-9(12)16-11/h2-5,10H,14H2,1H3,(H,15,16). The number of nitrogens with one attached hydrogen (secondary N) is 1. The monoisotopic (exact) mass is 283 g/mol. The van der Waals surface area contributed by atoms with Crippen LogP contribution in [0, 0.1) is 12.7 Å². The van der Waals surface area contributed by atoms with Crippen LogP contribution in [0.1, 0.15) is 23.0 Å². The number of aromatic nitrogens is 2. The van der Waals surface area contributed by atoms with Crippen molar-refractivity contribution >= 4 is 15.9 Å².